The highest BCUT2D eigenvalue weighted by Gasteiger charge is 2.24. The number of hydrogen-bond acceptors (Lipinski definition) is 6. The molecule has 0 unspecified atom stereocenters. The lowest BCUT2D eigenvalue weighted by Gasteiger charge is -2.17. The van der Waals surface area contributed by atoms with Crippen LogP contribution in [0.1, 0.15) is 34.9 Å². The van der Waals surface area contributed by atoms with E-state index in [0.717, 1.165) is 41.0 Å². The lowest BCUT2D eigenvalue weighted by molar-refractivity contribution is -0.142. The summed E-state index contributed by atoms with van der Waals surface area (Å²) in [6, 6.07) is 9.38. The largest absolute Gasteiger partial charge is 0.497 e. The van der Waals surface area contributed by atoms with Gasteiger partial charge in [0.2, 0.25) is 0 Å². The molecular formula is C22H22N2O4S. The zero-order valence-corrected chi connectivity index (χ0v) is 17.2. The zero-order valence-electron chi connectivity index (χ0n) is 16.4. The number of nitriles is 1. The van der Waals surface area contributed by atoms with Gasteiger partial charge in [0, 0.05) is 11.0 Å². The fraction of sp³-hybridized carbons (Fsp3) is 0.318. The summed E-state index contributed by atoms with van der Waals surface area (Å²) in [6.07, 6.45) is 5.69. The molecule has 1 aliphatic rings. The maximum Gasteiger partial charge on any atom is 0.331 e. The van der Waals surface area contributed by atoms with Crippen LogP contribution in [-0.2, 0) is 27.2 Å². The number of amides is 1. The molecule has 0 spiro atoms. The predicted molar refractivity (Wildman–Crippen MR) is 112 cm³/mol. The van der Waals surface area contributed by atoms with Crippen molar-refractivity contribution in [2.45, 2.75) is 26.2 Å². The van der Waals surface area contributed by atoms with Gasteiger partial charge in [-0.15, -0.1) is 11.3 Å². The van der Waals surface area contributed by atoms with E-state index in [1.165, 1.54) is 17.4 Å². The van der Waals surface area contributed by atoms with Crippen LogP contribution in [0.4, 0.5) is 5.00 Å². The number of anilines is 1. The van der Waals surface area contributed by atoms with E-state index < -0.39 is 18.5 Å². The fourth-order valence-corrected chi connectivity index (χ4v) is 4.56. The second kappa shape index (κ2) is 9.39. The van der Waals surface area contributed by atoms with Gasteiger partial charge in [0.25, 0.3) is 5.91 Å². The van der Waals surface area contributed by atoms with E-state index in [1.54, 1.807) is 37.5 Å². The third-order valence-electron chi connectivity index (χ3n) is 4.75. The Labute approximate surface area is 173 Å². The first-order valence-electron chi connectivity index (χ1n) is 9.33. The highest BCUT2D eigenvalue weighted by atomic mass is 32.1. The van der Waals surface area contributed by atoms with E-state index in [2.05, 4.69) is 18.3 Å². The molecule has 0 bridgehead atoms. The second-order valence-corrected chi connectivity index (χ2v) is 8.04. The van der Waals surface area contributed by atoms with Crippen LogP contribution >= 0.6 is 11.3 Å². The fourth-order valence-electron chi connectivity index (χ4n) is 3.18. The standard InChI is InChI=1S/C22H22N2O4S/c1-14-3-9-17-18(12-23)22(29-19(17)11-14)24-20(25)13-28-21(26)10-6-15-4-7-16(27-2)8-5-15/h4-8,10,14H,3,9,11,13H2,1-2H3,(H,24,25)/b10-6+/t14-/m1/s1. The molecule has 7 heteroatoms. The van der Waals surface area contributed by atoms with Crippen LogP contribution < -0.4 is 10.1 Å². The number of carbonyl (C=O) groups excluding carboxylic acids is 2. The molecule has 6 nitrogen and oxygen atoms in total. The Morgan fingerprint density at radius 2 is 2.10 bits per heavy atom. The van der Waals surface area contributed by atoms with Gasteiger partial charge in [-0.25, -0.2) is 4.79 Å². The molecule has 0 saturated carbocycles. The van der Waals surface area contributed by atoms with Crippen molar-refractivity contribution in [3.63, 3.8) is 0 Å². The monoisotopic (exact) mass is 410 g/mol. The van der Waals surface area contributed by atoms with Crippen molar-refractivity contribution in [3.8, 4) is 11.8 Å². The molecule has 0 fully saturated rings. The van der Waals surface area contributed by atoms with E-state index in [0.29, 0.717) is 16.5 Å². The van der Waals surface area contributed by atoms with Crippen molar-refractivity contribution < 1.29 is 19.1 Å². The van der Waals surface area contributed by atoms with Crippen LogP contribution in [0.25, 0.3) is 6.08 Å². The van der Waals surface area contributed by atoms with Crippen LogP contribution in [0.2, 0.25) is 0 Å². The number of rotatable bonds is 6. The molecule has 1 amide bonds. The maximum atomic E-state index is 12.2. The minimum absolute atomic E-state index is 0.407. The molecule has 150 valence electrons. The summed E-state index contributed by atoms with van der Waals surface area (Å²) >= 11 is 1.44. The van der Waals surface area contributed by atoms with Gasteiger partial charge in [0.15, 0.2) is 6.61 Å². The van der Waals surface area contributed by atoms with Crippen molar-refractivity contribution >= 4 is 34.3 Å². The molecule has 2 aromatic rings. The van der Waals surface area contributed by atoms with Gasteiger partial charge in [-0.1, -0.05) is 19.1 Å². The highest BCUT2D eigenvalue weighted by Crippen LogP contribution is 2.39. The van der Waals surface area contributed by atoms with Crippen LogP contribution in [0.15, 0.2) is 30.3 Å². The summed E-state index contributed by atoms with van der Waals surface area (Å²) in [6.45, 7) is 1.78. The van der Waals surface area contributed by atoms with E-state index >= 15 is 0 Å². The number of thiophene rings is 1. The summed E-state index contributed by atoms with van der Waals surface area (Å²) in [5, 5.41) is 12.7. The third-order valence-corrected chi connectivity index (χ3v) is 5.92. The number of methoxy groups -OCH3 is 1. The Morgan fingerprint density at radius 3 is 2.79 bits per heavy atom. The van der Waals surface area contributed by atoms with Crippen molar-refractivity contribution in [1.29, 1.82) is 5.26 Å². The quantitative estimate of drug-likeness (QED) is 0.575. The lowest BCUT2D eigenvalue weighted by atomic mass is 9.89. The minimum Gasteiger partial charge on any atom is -0.497 e. The first kappa shape index (κ1) is 20.6. The van der Waals surface area contributed by atoms with Gasteiger partial charge in [0.1, 0.15) is 16.8 Å². The molecular weight excluding hydrogens is 388 g/mol. The molecule has 1 N–H and O–H groups in total. The van der Waals surface area contributed by atoms with Crippen molar-refractivity contribution in [3.05, 3.63) is 51.9 Å². The topological polar surface area (TPSA) is 88.4 Å². The maximum absolute atomic E-state index is 12.2. The molecule has 3 rings (SSSR count). The Bertz CT molecular complexity index is 970. The Kier molecular flexibility index (Phi) is 6.68. The number of esters is 1. The van der Waals surface area contributed by atoms with Crippen molar-refractivity contribution in [2.24, 2.45) is 5.92 Å². The van der Waals surface area contributed by atoms with E-state index in [9.17, 15) is 14.9 Å². The van der Waals surface area contributed by atoms with Gasteiger partial charge in [0.05, 0.1) is 12.7 Å². The number of nitrogens with zero attached hydrogens (tertiary/aromatic N) is 1. The van der Waals surface area contributed by atoms with Gasteiger partial charge in [-0.05, 0) is 54.5 Å². The van der Waals surface area contributed by atoms with Crippen molar-refractivity contribution in [2.75, 3.05) is 19.0 Å². The molecule has 1 aliphatic carbocycles. The number of carbonyl (C=O) groups is 2. The van der Waals surface area contributed by atoms with E-state index in [4.69, 9.17) is 9.47 Å². The summed E-state index contributed by atoms with van der Waals surface area (Å²) in [5.41, 5.74) is 2.39. The normalized spacial score (nSPS) is 15.4. The van der Waals surface area contributed by atoms with Crippen LogP contribution in [0.3, 0.4) is 0 Å². The number of ether oxygens (including phenoxy) is 2. The first-order chi connectivity index (χ1) is 14.0. The van der Waals surface area contributed by atoms with Crippen LogP contribution in [0, 0.1) is 17.2 Å². The van der Waals surface area contributed by atoms with Gasteiger partial charge < -0.3 is 14.8 Å². The van der Waals surface area contributed by atoms with Gasteiger partial charge in [-0.3, -0.25) is 4.79 Å². The molecule has 29 heavy (non-hydrogen) atoms. The van der Waals surface area contributed by atoms with Crippen LogP contribution in [-0.4, -0.2) is 25.6 Å². The molecule has 0 saturated heterocycles. The highest BCUT2D eigenvalue weighted by molar-refractivity contribution is 7.16. The van der Waals surface area contributed by atoms with Gasteiger partial charge in [-0.2, -0.15) is 5.26 Å². The Hall–Kier alpha value is -3.11. The summed E-state index contributed by atoms with van der Waals surface area (Å²) in [5.74, 6) is 0.229. The smallest absolute Gasteiger partial charge is 0.331 e. The molecule has 1 heterocycles. The van der Waals surface area contributed by atoms with E-state index in [-0.39, 0.29) is 0 Å². The number of benzene rings is 1. The molecule has 0 radical (unpaired) electrons. The van der Waals surface area contributed by atoms with E-state index in [1.807, 2.05) is 0 Å². The minimum atomic E-state index is -0.615. The van der Waals surface area contributed by atoms with Crippen molar-refractivity contribution in [1.82, 2.24) is 0 Å². The van der Waals surface area contributed by atoms with Gasteiger partial charge >= 0.3 is 5.97 Å². The van der Waals surface area contributed by atoms with Crippen LogP contribution in [0.5, 0.6) is 5.75 Å². The lowest BCUT2D eigenvalue weighted by Crippen LogP contribution is -2.20. The summed E-state index contributed by atoms with van der Waals surface area (Å²) < 4.78 is 10.1. The molecule has 1 aromatic carbocycles. The summed E-state index contributed by atoms with van der Waals surface area (Å²) in [4.78, 5) is 25.2. The Morgan fingerprint density at radius 1 is 1.34 bits per heavy atom. The predicted octanol–water partition coefficient (Wildman–Crippen LogP) is 3.95. The number of nitrogens with one attached hydrogen (secondary N) is 1. The second-order valence-electron chi connectivity index (χ2n) is 6.93. The molecule has 1 aromatic heterocycles. The summed E-state index contributed by atoms with van der Waals surface area (Å²) in [7, 11) is 1.58. The third kappa shape index (κ3) is 5.24. The molecule has 1 atom stereocenters. The first-order valence-corrected chi connectivity index (χ1v) is 10.1. The Balaban J connectivity index is 1.54. The average Bonchev–Trinajstić information content (AvgIpc) is 3.06. The average molecular weight is 410 g/mol. The number of hydrogen-bond donors (Lipinski definition) is 1. The number of fused-ring (bicyclic) bond motifs is 1. The molecule has 0 aliphatic heterocycles. The zero-order chi connectivity index (χ0) is 20.8. The SMILES string of the molecule is COc1ccc(/C=C/C(=O)OCC(=O)Nc2sc3c(c2C#N)CC[C@@H](C)C3)cc1.